The molecule has 4 saturated heterocycles. The topological polar surface area (TPSA) is 296 Å². The summed E-state index contributed by atoms with van der Waals surface area (Å²) in [4.78, 5) is 54.7. The predicted octanol–water partition coefficient (Wildman–Crippen LogP) is 14.3. The summed E-state index contributed by atoms with van der Waals surface area (Å²) in [5, 5.41) is 0. The number of carbonyl (C=O) groups excluding carboxylic acids is 4. The highest BCUT2D eigenvalue weighted by atomic mass is 16.6. The molecule has 0 amide bonds. The Morgan fingerprint density at radius 1 is 0.367 bits per heavy atom. The molecule has 0 aromatic heterocycles. The Kier molecular flexibility index (Phi) is 15.5. The Labute approximate surface area is 805 Å². The smallest absolute Gasteiger partial charge is 0.323 e. The Morgan fingerprint density at radius 2 is 0.558 bits per heavy atom. The van der Waals surface area contributed by atoms with E-state index in [2.05, 4.69) is 0 Å². The van der Waals surface area contributed by atoms with Crippen molar-refractivity contribution >= 4 is 23.9 Å². The van der Waals surface area contributed by atoms with E-state index in [1.165, 1.54) is 27.7 Å². The quantitative estimate of drug-likeness (QED) is 0.0303. The van der Waals surface area contributed by atoms with E-state index in [1.807, 2.05) is 0 Å². The number of carbonyl (C=O) groups is 4. The van der Waals surface area contributed by atoms with Crippen LogP contribution in [-0.2, 0) is 63.6 Å². The second-order valence-electron chi connectivity index (χ2n) is 29.9. The second kappa shape index (κ2) is 43.9. The molecule has 20 atom stereocenters. The number of esters is 4. The zero-order chi connectivity index (χ0) is 143. The van der Waals surface area contributed by atoms with E-state index in [0.717, 1.165) is 70.4 Å². The molecule has 4 fully saturated rings. The largest absolute Gasteiger partial charge is 0.493 e. The molecule has 24 heteroatoms. The van der Waals surface area contributed by atoms with Gasteiger partial charge in [0.15, 0.2) is 46.0 Å². The van der Waals surface area contributed by atoms with Crippen molar-refractivity contribution in [3.63, 3.8) is 0 Å². The van der Waals surface area contributed by atoms with Gasteiger partial charge in [0.1, 0.15) is 48.5 Å². The highest BCUT2D eigenvalue weighted by Gasteiger charge is 2.47. The van der Waals surface area contributed by atoms with Gasteiger partial charge in [0, 0.05) is 180 Å². The molecular formula is C96H152N8O16. The summed E-state index contributed by atoms with van der Waals surface area (Å²) in [5.41, 5.74) is 17.5. The molecule has 12 rings (SSSR count). The third-order valence-electron chi connectivity index (χ3n) is 19.7. The second-order valence-corrected chi connectivity index (χ2v) is 29.9. The molecule has 8 aliphatic heterocycles. The predicted molar refractivity (Wildman–Crippen MR) is 471 cm³/mol. The maximum atomic E-state index is 13.2. The third kappa shape index (κ3) is 23.8. The van der Waals surface area contributed by atoms with Gasteiger partial charge in [-0.05, 0) is 191 Å². The van der Waals surface area contributed by atoms with E-state index in [4.69, 9.17) is 154 Å². The number of ether oxygens (including phenoxy) is 12. The van der Waals surface area contributed by atoms with Crippen LogP contribution in [0.15, 0.2) is 48.3 Å². The van der Waals surface area contributed by atoms with Crippen LogP contribution >= 0.6 is 0 Å². The lowest BCUT2D eigenvalue weighted by Crippen LogP contribution is -2.51. The van der Waals surface area contributed by atoms with Crippen molar-refractivity contribution in [1.82, 2.24) is 19.6 Å². The summed E-state index contributed by atoms with van der Waals surface area (Å²) in [5.74, 6) is -33.0. The minimum atomic E-state index is -3.41. The molecule has 120 heavy (non-hydrogen) atoms. The van der Waals surface area contributed by atoms with E-state index in [-0.39, 0.29) is 0 Å². The van der Waals surface area contributed by atoms with Crippen LogP contribution in [0.1, 0.15) is 315 Å². The third-order valence-corrected chi connectivity index (χ3v) is 19.7. The Hall–Kier alpha value is -7.16. The number of rotatable bonds is 28. The van der Waals surface area contributed by atoms with Crippen LogP contribution in [0, 0.1) is 70.9 Å². The van der Waals surface area contributed by atoms with Crippen LogP contribution in [0.4, 0.5) is 0 Å². The number of fused-ring (bicyclic) bond motifs is 12. The first kappa shape index (κ1) is 42.2. The summed E-state index contributed by atoms with van der Waals surface area (Å²) >= 11 is 0. The highest BCUT2D eigenvalue weighted by Crippen LogP contribution is 2.50. The normalized spacial score (nSPS) is 43.8. The van der Waals surface area contributed by atoms with E-state index in [1.54, 1.807) is 27.7 Å². The summed E-state index contributed by atoms with van der Waals surface area (Å²) in [6, 6.07) is -23.4. The maximum absolute atomic E-state index is 13.2. The van der Waals surface area contributed by atoms with E-state index < -0.39 is 477 Å². The molecule has 16 unspecified atom stereocenters. The molecule has 4 aromatic rings. The molecule has 672 valence electrons. The standard InChI is InChI=1S/4C24H38N2O4/c4*1-14(2)9-17-13-26-8-7-16-10-21(28-5)22(29-6)11-18(16)19(26)12-20(17)30-24(27)23(25)15(3)4/h4*10-11,14-15,17,19-20,23H,7-9,12-13,25H2,1-6H3/t4*17?,19?,20?,23-/m0000/s1/i2*1D3,5D3,7D2,8D2,9D2,10D,11D,14D,19D,20D;2*1D3,7D2,8D2,9D2,10D,11D,14D,19D,20D/t4*14?,17?,19?,20?,23-. The number of hydrogen-bond acceptors (Lipinski definition) is 24. The number of nitrogens with two attached hydrogens (primary N) is 4. The van der Waals surface area contributed by atoms with Crippen LogP contribution in [0.5, 0.6) is 46.0 Å². The van der Waals surface area contributed by atoms with Crippen LogP contribution in [-0.4, -0.2) is 201 Å². The molecule has 0 bridgehead atoms. The molecule has 8 heterocycles. The first-order chi connectivity index (χ1) is 80.8. The van der Waals surface area contributed by atoms with Crippen molar-refractivity contribution in [2.75, 3.05) is 109 Å². The van der Waals surface area contributed by atoms with Gasteiger partial charge in [-0.2, -0.15) is 0 Å². The van der Waals surface area contributed by atoms with Gasteiger partial charge in [-0.15, -0.1) is 0 Å². The minimum Gasteiger partial charge on any atom is -0.493 e. The van der Waals surface area contributed by atoms with Gasteiger partial charge in [0.2, 0.25) is 0 Å². The number of benzene rings is 4. The first-order valence-electron chi connectivity index (χ1n) is 69.2. The maximum Gasteiger partial charge on any atom is 0.323 e. The van der Waals surface area contributed by atoms with Crippen molar-refractivity contribution in [3.05, 3.63) is 92.8 Å². The van der Waals surface area contributed by atoms with Crippen molar-refractivity contribution in [2.45, 2.75) is 260 Å². The van der Waals surface area contributed by atoms with Gasteiger partial charge >= 0.3 is 23.9 Å². The van der Waals surface area contributed by atoms with Gasteiger partial charge in [-0.1, -0.05) is 110 Å². The Bertz CT molecular complexity index is 6690. The highest BCUT2D eigenvalue weighted by molar-refractivity contribution is 5.77. The van der Waals surface area contributed by atoms with Crippen LogP contribution in [0.3, 0.4) is 0 Å². The van der Waals surface area contributed by atoms with Gasteiger partial charge in [0.25, 0.3) is 0 Å². The number of methoxy groups -OCH3 is 8. The first-order valence-corrected chi connectivity index (χ1v) is 38.2. The van der Waals surface area contributed by atoms with Crippen molar-refractivity contribution in [1.29, 1.82) is 0 Å². The molecular weight excluding hydrogens is 1520 g/mol. The number of nitrogens with zero attached hydrogens (tertiary/aromatic N) is 4. The molecule has 0 aliphatic carbocycles. The molecule has 0 spiro atoms. The molecule has 8 aliphatic rings. The summed E-state index contributed by atoms with van der Waals surface area (Å²) in [7, 11) is -0.0442. The fourth-order valence-corrected chi connectivity index (χ4v) is 12.9. The van der Waals surface area contributed by atoms with Gasteiger partial charge in [0.05, 0.1) is 86.9 Å². The fraction of sp³-hybridized carbons (Fsp3) is 0.708. The SMILES string of the molecule is [2H]c1c(OC)c(OC([2H])([2H])[2H])c([2H])c2c1C1([2H])CC([2H])(OC(=O)[C@@H](N)C(C)C)C(C([2H])([2H])C([2H])(C)C([2H])([2H])[2H])CN1C([2H])([2H])C2([2H])[2H].[2H]c1c(OC)c(OC([2H])([2H])[2H])c([2H])c2c1C1([2H])CC([2H])(OC(=O)[C@@H](N)C(C)C)C(C([2H])([2H])C([2H])(C)C([2H])([2H])[2H])CN1C([2H])([2H])C2([2H])[2H].[2H]c1c(OC)c(OC)c([2H])c2c1C1([2H])CC([2H])(OC(=O)[C@@H](N)C(C)C)C(C([2H])([2H])C([2H])(C)C([2H])([2H])[2H])CN1C([2H])([2H])C2([2H])[2H].[2H]c1c(OC)c(OC)c([2H])c2c1C1([2H])CC([2H])(OC(=O)[C@@H](N)C(C)C)C(C([2H])([2H])C([2H])(C)C([2H])([2H])[2H])CN1C([2H])([2H])C2([2H])[2H]. The lowest BCUT2D eigenvalue weighted by Gasteiger charge is -2.47. The Morgan fingerprint density at radius 3 is 0.733 bits per heavy atom. The average molecular weight is 1740 g/mol. The van der Waals surface area contributed by atoms with E-state index >= 15 is 0 Å². The van der Waals surface area contributed by atoms with Crippen molar-refractivity contribution in [2.24, 2.45) is 93.9 Å². The lowest BCUT2D eigenvalue weighted by molar-refractivity contribution is -0.161. The minimum absolute atomic E-state index is 0.394. The monoisotopic (exact) mass is 1740 g/mol. The van der Waals surface area contributed by atoms with Gasteiger partial charge in [-0.3, -0.25) is 38.8 Å². The van der Waals surface area contributed by atoms with Crippen LogP contribution in [0.25, 0.3) is 0 Å². The van der Waals surface area contributed by atoms with Crippen molar-refractivity contribution < 1.29 is 161 Å². The van der Waals surface area contributed by atoms with Crippen molar-refractivity contribution in [3.8, 4) is 46.0 Å². The fourth-order valence-electron chi connectivity index (χ4n) is 12.9. The van der Waals surface area contributed by atoms with E-state index in [0.29, 0.717) is 19.6 Å². The summed E-state index contributed by atoms with van der Waals surface area (Å²) < 4.78 is 595. The van der Waals surface area contributed by atoms with Gasteiger partial charge < -0.3 is 79.8 Å². The van der Waals surface area contributed by atoms with Crippen LogP contribution in [0.2, 0.25) is 0 Å². The zero-order valence-corrected chi connectivity index (χ0v) is 70.2. The molecule has 0 radical (unpaired) electrons. The van der Waals surface area contributed by atoms with Gasteiger partial charge in [-0.25, -0.2) is 0 Å². The summed E-state index contributed by atoms with van der Waals surface area (Å²) in [6.45, 7) is -15.9. The molecule has 4 aromatic carbocycles. The molecule has 8 N–H and O–H groups in total. The number of piperidine rings is 4. The lowest BCUT2D eigenvalue weighted by atomic mass is 9.79. The zero-order valence-electron chi connectivity index (χ0n) is 132. The Balaban J connectivity index is 0.000000265. The molecule has 0 saturated carbocycles. The number of hydrogen-bond donors (Lipinski definition) is 4. The van der Waals surface area contributed by atoms with E-state index in [9.17, 15) is 30.1 Å². The average Bonchev–Trinajstić information content (AvgIpc) is 0.675. The summed E-state index contributed by atoms with van der Waals surface area (Å²) in [6.07, 6.45) is -42.9. The van der Waals surface area contributed by atoms with Crippen LogP contribution < -0.4 is 60.8 Å². The molecule has 24 nitrogen and oxygen atoms in total.